The minimum Gasteiger partial charge on any atom is -0.381 e. The highest BCUT2D eigenvalue weighted by molar-refractivity contribution is 4.94. The maximum Gasteiger partial charge on any atom is 0.0640 e. The van der Waals surface area contributed by atoms with Gasteiger partial charge in [0.05, 0.1) is 6.10 Å². The van der Waals surface area contributed by atoms with Gasteiger partial charge in [-0.1, -0.05) is 26.0 Å². The van der Waals surface area contributed by atoms with Gasteiger partial charge in [0.15, 0.2) is 0 Å². The number of rotatable bonds is 1. The van der Waals surface area contributed by atoms with Crippen LogP contribution in [0, 0.1) is 0 Å². The molecule has 0 saturated heterocycles. The average Bonchev–Trinajstić information content (AvgIpc) is 2.43. The van der Waals surface area contributed by atoms with Crippen molar-refractivity contribution in [2.45, 2.75) is 32.8 Å². The standard InChI is InChI=1S/C6H10O.C2H6/c1-7-6-4-2-3-5-6;1-2/h2-3,6H,4-5H2,1H3;1-2H3. The van der Waals surface area contributed by atoms with Crippen LogP contribution in [0.5, 0.6) is 0 Å². The minimum atomic E-state index is 0.486. The van der Waals surface area contributed by atoms with Crippen molar-refractivity contribution < 1.29 is 4.74 Å². The quantitative estimate of drug-likeness (QED) is 0.493. The first-order valence-electron chi connectivity index (χ1n) is 3.61. The maximum absolute atomic E-state index is 5.05. The van der Waals surface area contributed by atoms with Gasteiger partial charge < -0.3 is 4.74 Å². The lowest BCUT2D eigenvalue weighted by Crippen LogP contribution is -2.02. The van der Waals surface area contributed by atoms with Crippen molar-refractivity contribution in [1.29, 1.82) is 0 Å². The molecule has 1 aliphatic carbocycles. The molecule has 0 aromatic carbocycles. The van der Waals surface area contributed by atoms with E-state index in [1.165, 1.54) is 0 Å². The van der Waals surface area contributed by atoms with E-state index in [2.05, 4.69) is 12.2 Å². The molecule has 0 amide bonds. The summed E-state index contributed by atoms with van der Waals surface area (Å²) >= 11 is 0. The molecule has 0 unspecified atom stereocenters. The lowest BCUT2D eigenvalue weighted by molar-refractivity contribution is 0.114. The van der Waals surface area contributed by atoms with Gasteiger partial charge >= 0.3 is 0 Å². The number of hydrogen-bond acceptors (Lipinski definition) is 1. The lowest BCUT2D eigenvalue weighted by atomic mass is 10.3. The van der Waals surface area contributed by atoms with Crippen molar-refractivity contribution in [3.8, 4) is 0 Å². The summed E-state index contributed by atoms with van der Waals surface area (Å²) in [7, 11) is 1.76. The third-order valence-corrected chi connectivity index (χ3v) is 1.30. The Morgan fingerprint density at radius 1 is 1.22 bits per heavy atom. The lowest BCUT2D eigenvalue weighted by Gasteiger charge is -2.02. The van der Waals surface area contributed by atoms with E-state index in [-0.39, 0.29) is 0 Å². The first-order valence-corrected chi connectivity index (χ1v) is 3.61. The molecule has 0 atom stereocenters. The number of methoxy groups -OCH3 is 1. The summed E-state index contributed by atoms with van der Waals surface area (Å²) in [5, 5.41) is 0. The summed E-state index contributed by atoms with van der Waals surface area (Å²) in [6.07, 6.45) is 7.02. The molecule has 0 spiro atoms. The van der Waals surface area contributed by atoms with Gasteiger partial charge in [0.2, 0.25) is 0 Å². The van der Waals surface area contributed by atoms with Gasteiger partial charge in [-0.2, -0.15) is 0 Å². The van der Waals surface area contributed by atoms with Gasteiger partial charge in [-0.3, -0.25) is 0 Å². The van der Waals surface area contributed by atoms with Gasteiger partial charge in [-0.15, -0.1) is 0 Å². The first-order chi connectivity index (χ1) is 4.43. The second-order valence-corrected chi connectivity index (χ2v) is 1.80. The third kappa shape index (κ3) is 3.31. The van der Waals surface area contributed by atoms with Crippen LogP contribution in [-0.2, 0) is 4.74 Å². The predicted octanol–water partition coefficient (Wildman–Crippen LogP) is 2.38. The number of hydrogen-bond donors (Lipinski definition) is 0. The van der Waals surface area contributed by atoms with Gasteiger partial charge in [0.1, 0.15) is 0 Å². The monoisotopic (exact) mass is 128 g/mol. The third-order valence-electron chi connectivity index (χ3n) is 1.30. The summed E-state index contributed by atoms with van der Waals surface area (Å²) in [5.41, 5.74) is 0. The first kappa shape index (κ1) is 8.70. The fraction of sp³-hybridized carbons (Fsp3) is 0.750. The highest BCUT2D eigenvalue weighted by atomic mass is 16.5. The van der Waals surface area contributed by atoms with Crippen LogP contribution >= 0.6 is 0 Å². The van der Waals surface area contributed by atoms with Crippen molar-refractivity contribution in [3.63, 3.8) is 0 Å². The van der Waals surface area contributed by atoms with Gasteiger partial charge in [-0.25, -0.2) is 0 Å². The zero-order valence-corrected chi connectivity index (χ0v) is 6.55. The molecule has 1 rings (SSSR count). The molecule has 1 heteroatoms. The zero-order valence-electron chi connectivity index (χ0n) is 6.55. The number of ether oxygens (including phenoxy) is 1. The van der Waals surface area contributed by atoms with Crippen LogP contribution in [0.15, 0.2) is 12.2 Å². The van der Waals surface area contributed by atoms with Crippen LogP contribution in [0.1, 0.15) is 26.7 Å². The van der Waals surface area contributed by atoms with Gasteiger partial charge in [-0.05, 0) is 12.8 Å². The van der Waals surface area contributed by atoms with E-state index in [0.29, 0.717) is 6.10 Å². The molecule has 0 aromatic heterocycles. The zero-order chi connectivity index (χ0) is 7.11. The molecule has 1 nitrogen and oxygen atoms in total. The molecule has 0 saturated carbocycles. The smallest absolute Gasteiger partial charge is 0.0640 e. The van der Waals surface area contributed by atoms with Crippen LogP contribution in [-0.4, -0.2) is 13.2 Å². The molecule has 0 radical (unpaired) electrons. The molecule has 0 fully saturated rings. The Balaban J connectivity index is 0.000000291. The van der Waals surface area contributed by atoms with Crippen LogP contribution in [0.3, 0.4) is 0 Å². The summed E-state index contributed by atoms with van der Waals surface area (Å²) in [6.45, 7) is 4.00. The van der Waals surface area contributed by atoms with Crippen LogP contribution in [0.4, 0.5) is 0 Å². The highest BCUT2D eigenvalue weighted by Gasteiger charge is 2.05. The average molecular weight is 128 g/mol. The summed E-state index contributed by atoms with van der Waals surface area (Å²) in [4.78, 5) is 0. The van der Waals surface area contributed by atoms with E-state index >= 15 is 0 Å². The van der Waals surface area contributed by atoms with E-state index in [1.54, 1.807) is 7.11 Å². The van der Waals surface area contributed by atoms with Crippen molar-refractivity contribution in [3.05, 3.63) is 12.2 Å². The van der Waals surface area contributed by atoms with Gasteiger partial charge in [0.25, 0.3) is 0 Å². The molecule has 0 heterocycles. The van der Waals surface area contributed by atoms with E-state index in [4.69, 9.17) is 4.74 Å². The van der Waals surface area contributed by atoms with Crippen LogP contribution in [0.2, 0.25) is 0 Å². The fourth-order valence-corrected chi connectivity index (χ4v) is 0.785. The Bertz CT molecular complexity index is 68.6. The van der Waals surface area contributed by atoms with E-state index in [0.717, 1.165) is 12.8 Å². The Kier molecular flexibility index (Phi) is 5.64. The summed E-state index contributed by atoms with van der Waals surface area (Å²) < 4.78 is 5.05. The van der Waals surface area contributed by atoms with E-state index < -0.39 is 0 Å². The Morgan fingerprint density at radius 2 is 1.67 bits per heavy atom. The van der Waals surface area contributed by atoms with Crippen LogP contribution in [0.25, 0.3) is 0 Å². The molecule has 0 aliphatic heterocycles. The molecule has 54 valence electrons. The normalized spacial score (nSPS) is 17.2. The second-order valence-electron chi connectivity index (χ2n) is 1.80. The molecule has 0 bridgehead atoms. The Hall–Kier alpha value is -0.300. The maximum atomic E-state index is 5.05. The largest absolute Gasteiger partial charge is 0.381 e. The minimum absolute atomic E-state index is 0.486. The van der Waals surface area contributed by atoms with Crippen LogP contribution < -0.4 is 0 Å². The SMILES string of the molecule is CC.COC1CC=CC1. The van der Waals surface area contributed by atoms with Crippen molar-refractivity contribution in [2.24, 2.45) is 0 Å². The molecule has 0 N–H and O–H groups in total. The predicted molar refractivity (Wildman–Crippen MR) is 40.5 cm³/mol. The summed E-state index contributed by atoms with van der Waals surface area (Å²) in [6, 6.07) is 0. The molecular weight excluding hydrogens is 112 g/mol. The Morgan fingerprint density at radius 3 is 1.89 bits per heavy atom. The van der Waals surface area contributed by atoms with Crippen molar-refractivity contribution >= 4 is 0 Å². The van der Waals surface area contributed by atoms with Crippen molar-refractivity contribution in [1.82, 2.24) is 0 Å². The fourth-order valence-electron chi connectivity index (χ4n) is 0.785. The Labute approximate surface area is 57.7 Å². The topological polar surface area (TPSA) is 9.23 Å². The molecule has 0 aromatic rings. The molecule has 9 heavy (non-hydrogen) atoms. The van der Waals surface area contributed by atoms with Gasteiger partial charge in [0, 0.05) is 7.11 Å². The molecule has 1 aliphatic rings. The second kappa shape index (κ2) is 5.83. The van der Waals surface area contributed by atoms with Crippen molar-refractivity contribution in [2.75, 3.05) is 7.11 Å². The van der Waals surface area contributed by atoms with E-state index in [1.807, 2.05) is 13.8 Å². The van der Waals surface area contributed by atoms with E-state index in [9.17, 15) is 0 Å². The molecular formula is C8H16O. The summed E-state index contributed by atoms with van der Waals surface area (Å²) in [5.74, 6) is 0. The highest BCUT2D eigenvalue weighted by Crippen LogP contribution is 2.11.